The van der Waals surface area contributed by atoms with Gasteiger partial charge in [0.15, 0.2) is 11.5 Å². The number of halogens is 1. The van der Waals surface area contributed by atoms with E-state index in [1.165, 1.54) is 4.90 Å². The highest BCUT2D eigenvalue weighted by atomic mass is 35.5. The zero-order chi connectivity index (χ0) is 24.8. The highest BCUT2D eigenvalue weighted by Gasteiger charge is 2.39. The maximum Gasteiger partial charge on any atom is 0.289 e. The Hall–Kier alpha value is -3.47. The smallest absolute Gasteiger partial charge is 0.289 e. The number of amides is 2. The Morgan fingerprint density at radius 2 is 1.74 bits per heavy atom. The molecular weight excluding hydrogens is 484 g/mol. The molecule has 0 radical (unpaired) electrons. The standard InChI is InChI=1S/C27H23ClN2O4S/c1-2-33-24-13-19(9-12-23(24)34-17-21-6-4-3-5-20(21)15-29)14-25-26(31)30(27(32)35-25)16-18-7-10-22(28)11-8-18/h3-13,25H,2,14,16-17H2,1H3/t25-/m1/s1. The normalized spacial score (nSPS) is 15.2. The van der Waals surface area contributed by atoms with Gasteiger partial charge in [0.05, 0.1) is 30.0 Å². The fraction of sp³-hybridized carbons (Fsp3) is 0.222. The van der Waals surface area contributed by atoms with Gasteiger partial charge in [0, 0.05) is 10.6 Å². The first-order valence-corrected chi connectivity index (χ1v) is 12.4. The maximum atomic E-state index is 13.0. The molecule has 1 fully saturated rings. The lowest BCUT2D eigenvalue weighted by molar-refractivity contribution is -0.127. The number of hydrogen-bond donors (Lipinski definition) is 0. The van der Waals surface area contributed by atoms with E-state index in [0.717, 1.165) is 28.5 Å². The topological polar surface area (TPSA) is 79.6 Å². The first-order valence-electron chi connectivity index (χ1n) is 11.1. The van der Waals surface area contributed by atoms with Gasteiger partial charge in [-0.15, -0.1) is 0 Å². The fourth-order valence-electron chi connectivity index (χ4n) is 3.74. The van der Waals surface area contributed by atoms with Gasteiger partial charge in [-0.05, 0) is 54.8 Å². The summed E-state index contributed by atoms with van der Waals surface area (Å²) in [4.78, 5) is 26.8. The van der Waals surface area contributed by atoms with Gasteiger partial charge in [0.1, 0.15) is 6.61 Å². The van der Waals surface area contributed by atoms with Crippen LogP contribution in [0.15, 0.2) is 66.7 Å². The van der Waals surface area contributed by atoms with Crippen molar-refractivity contribution < 1.29 is 19.1 Å². The SMILES string of the molecule is CCOc1cc(C[C@H]2SC(=O)N(Cc3ccc(Cl)cc3)C2=O)ccc1OCc1ccccc1C#N. The molecule has 1 saturated heterocycles. The number of benzene rings is 3. The molecule has 1 aliphatic rings. The Kier molecular flexibility index (Phi) is 7.96. The molecule has 1 atom stereocenters. The summed E-state index contributed by atoms with van der Waals surface area (Å²) in [6.07, 6.45) is 0.393. The second-order valence-corrected chi connectivity index (χ2v) is 9.49. The van der Waals surface area contributed by atoms with Gasteiger partial charge in [-0.1, -0.05) is 59.8 Å². The lowest BCUT2D eigenvalue weighted by Crippen LogP contribution is -2.31. The molecule has 0 saturated carbocycles. The van der Waals surface area contributed by atoms with E-state index in [0.29, 0.717) is 35.1 Å². The van der Waals surface area contributed by atoms with E-state index in [-0.39, 0.29) is 24.3 Å². The summed E-state index contributed by atoms with van der Waals surface area (Å²) in [7, 11) is 0. The fourth-order valence-corrected chi connectivity index (χ4v) is 4.89. The Balaban J connectivity index is 1.44. The van der Waals surface area contributed by atoms with Gasteiger partial charge < -0.3 is 9.47 Å². The summed E-state index contributed by atoms with van der Waals surface area (Å²) in [5, 5.41) is 9.14. The van der Waals surface area contributed by atoms with Crippen LogP contribution in [-0.2, 0) is 24.4 Å². The number of rotatable bonds is 9. The zero-order valence-corrected chi connectivity index (χ0v) is 20.6. The Morgan fingerprint density at radius 3 is 2.49 bits per heavy atom. The van der Waals surface area contributed by atoms with E-state index in [4.69, 9.17) is 21.1 Å². The average Bonchev–Trinajstić information content (AvgIpc) is 3.12. The molecule has 35 heavy (non-hydrogen) atoms. The van der Waals surface area contributed by atoms with Crippen LogP contribution in [0.2, 0.25) is 5.02 Å². The molecular formula is C27H23ClN2O4S. The van der Waals surface area contributed by atoms with Crippen molar-refractivity contribution in [1.82, 2.24) is 4.90 Å². The number of nitrogens with zero attached hydrogens (tertiary/aromatic N) is 2. The van der Waals surface area contributed by atoms with Gasteiger partial charge >= 0.3 is 0 Å². The van der Waals surface area contributed by atoms with Gasteiger partial charge in [-0.3, -0.25) is 14.5 Å². The molecule has 0 aromatic heterocycles. The number of nitriles is 1. The van der Waals surface area contributed by atoms with Crippen molar-refractivity contribution >= 4 is 34.5 Å². The number of carbonyl (C=O) groups is 2. The molecule has 1 aliphatic heterocycles. The van der Waals surface area contributed by atoms with Crippen molar-refractivity contribution in [3.63, 3.8) is 0 Å². The highest BCUT2D eigenvalue weighted by molar-refractivity contribution is 8.15. The lowest BCUT2D eigenvalue weighted by atomic mass is 10.1. The van der Waals surface area contributed by atoms with Gasteiger partial charge in [0.25, 0.3) is 5.24 Å². The third-order valence-corrected chi connectivity index (χ3v) is 6.84. The van der Waals surface area contributed by atoms with Crippen LogP contribution in [0, 0.1) is 11.3 Å². The molecule has 4 rings (SSSR count). The second kappa shape index (κ2) is 11.3. The van der Waals surface area contributed by atoms with Crippen molar-refractivity contribution in [2.75, 3.05) is 6.61 Å². The molecule has 0 spiro atoms. The Morgan fingerprint density at radius 1 is 1.00 bits per heavy atom. The number of imide groups is 1. The summed E-state index contributed by atoms with van der Waals surface area (Å²) in [5.74, 6) is 0.898. The number of carbonyl (C=O) groups excluding carboxylic acids is 2. The molecule has 2 amide bonds. The highest BCUT2D eigenvalue weighted by Crippen LogP contribution is 2.34. The van der Waals surface area contributed by atoms with Gasteiger partial charge in [-0.25, -0.2) is 0 Å². The average molecular weight is 507 g/mol. The van der Waals surface area contributed by atoms with Crippen molar-refractivity contribution in [2.24, 2.45) is 0 Å². The molecule has 8 heteroatoms. The maximum absolute atomic E-state index is 13.0. The van der Waals surface area contributed by atoms with Crippen LogP contribution in [-0.4, -0.2) is 27.9 Å². The summed E-state index contributed by atoms with van der Waals surface area (Å²) < 4.78 is 11.7. The van der Waals surface area contributed by atoms with Crippen molar-refractivity contribution in [3.05, 3.63) is 94.0 Å². The molecule has 0 bridgehead atoms. The third-order valence-electron chi connectivity index (χ3n) is 5.51. The Labute approximate surface area is 213 Å². The van der Waals surface area contributed by atoms with E-state index < -0.39 is 5.25 Å². The molecule has 178 valence electrons. The predicted molar refractivity (Wildman–Crippen MR) is 136 cm³/mol. The summed E-state index contributed by atoms with van der Waals surface area (Å²) in [6.45, 7) is 2.78. The van der Waals surface area contributed by atoms with E-state index in [1.54, 1.807) is 24.3 Å². The largest absolute Gasteiger partial charge is 0.490 e. The molecule has 6 nitrogen and oxygen atoms in total. The molecule has 0 unspecified atom stereocenters. The van der Waals surface area contributed by atoms with Crippen LogP contribution in [0.25, 0.3) is 0 Å². The summed E-state index contributed by atoms with van der Waals surface area (Å²) in [5.41, 5.74) is 3.06. The number of ether oxygens (including phenoxy) is 2. The number of thioether (sulfide) groups is 1. The van der Waals surface area contributed by atoms with Crippen molar-refractivity contribution in [1.29, 1.82) is 5.26 Å². The quantitative estimate of drug-likeness (QED) is 0.354. The van der Waals surface area contributed by atoms with Crippen molar-refractivity contribution in [3.8, 4) is 17.6 Å². The minimum Gasteiger partial charge on any atom is -0.490 e. The van der Waals surface area contributed by atoms with E-state index >= 15 is 0 Å². The monoisotopic (exact) mass is 506 g/mol. The molecule has 3 aromatic rings. The van der Waals surface area contributed by atoms with Crippen LogP contribution in [0.4, 0.5) is 4.79 Å². The minimum absolute atomic E-state index is 0.207. The first kappa shape index (κ1) is 24.6. The minimum atomic E-state index is -0.501. The van der Waals surface area contributed by atoms with E-state index in [9.17, 15) is 14.9 Å². The molecule has 0 aliphatic carbocycles. The predicted octanol–water partition coefficient (Wildman–Crippen LogP) is 6.00. The number of hydrogen-bond acceptors (Lipinski definition) is 6. The lowest BCUT2D eigenvalue weighted by Gasteiger charge is -2.16. The van der Waals surface area contributed by atoms with Crippen LogP contribution in [0.5, 0.6) is 11.5 Å². The molecule has 3 aromatic carbocycles. The van der Waals surface area contributed by atoms with Crippen molar-refractivity contribution in [2.45, 2.75) is 31.7 Å². The van der Waals surface area contributed by atoms with Crippen LogP contribution < -0.4 is 9.47 Å². The molecule has 0 N–H and O–H groups in total. The second-order valence-electron chi connectivity index (χ2n) is 7.90. The van der Waals surface area contributed by atoms with Gasteiger partial charge in [0.2, 0.25) is 5.91 Å². The zero-order valence-electron chi connectivity index (χ0n) is 19.1. The van der Waals surface area contributed by atoms with E-state index in [2.05, 4.69) is 6.07 Å². The van der Waals surface area contributed by atoms with Gasteiger partial charge in [-0.2, -0.15) is 5.26 Å². The van der Waals surface area contributed by atoms with Crippen LogP contribution in [0.1, 0.15) is 29.2 Å². The molecule has 1 heterocycles. The van der Waals surface area contributed by atoms with E-state index in [1.807, 2.05) is 49.4 Å². The summed E-state index contributed by atoms with van der Waals surface area (Å²) >= 11 is 6.97. The first-order chi connectivity index (χ1) is 17.0. The third kappa shape index (κ3) is 5.97. The summed E-state index contributed by atoms with van der Waals surface area (Å²) in [6, 6.07) is 22.0. The Bertz CT molecular complexity index is 1270. The van der Waals surface area contributed by atoms with Crippen LogP contribution in [0.3, 0.4) is 0 Å². The van der Waals surface area contributed by atoms with Crippen LogP contribution >= 0.6 is 23.4 Å².